The molecule has 4 nitrogen and oxygen atoms in total. The van der Waals surface area contributed by atoms with Gasteiger partial charge in [0.25, 0.3) is 0 Å². The van der Waals surface area contributed by atoms with Gasteiger partial charge in [-0.05, 0) is 30.6 Å². The third-order valence-corrected chi connectivity index (χ3v) is 1.73. The second kappa shape index (κ2) is 18.4. The predicted molar refractivity (Wildman–Crippen MR) is 76.2 cm³/mol. The summed E-state index contributed by atoms with van der Waals surface area (Å²) in [6, 6.07) is 10.0. The van der Waals surface area contributed by atoms with Gasteiger partial charge in [0.15, 0.2) is 0 Å². The van der Waals surface area contributed by atoms with Gasteiger partial charge in [0.05, 0.1) is 11.9 Å². The molecule has 6 heteroatoms. The molecule has 0 unspecified atom stereocenters. The molecule has 0 heterocycles. The maximum Gasteiger partial charge on any atom is 1.00 e. The fraction of sp³-hybridized carbons (Fsp3) is 0.125. The van der Waals surface area contributed by atoms with Crippen molar-refractivity contribution in [1.82, 2.24) is 0 Å². The van der Waals surface area contributed by atoms with Crippen molar-refractivity contribution in [1.29, 1.82) is 0 Å². The Kier molecular flexibility index (Phi) is 24.6. The van der Waals surface area contributed by atoms with E-state index in [0.29, 0.717) is 0 Å². The van der Waals surface area contributed by atoms with Gasteiger partial charge in [-0.15, -0.1) is 0 Å². The molecule has 0 aromatic heterocycles. The summed E-state index contributed by atoms with van der Waals surface area (Å²) in [6.07, 6.45) is 1.83. The van der Waals surface area contributed by atoms with Gasteiger partial charge < -0.3 is 19.8 Å². The number of benzene rings is 1. The van der Waals surface area contributed by atoms with Crippen molar-refractivity contribution < 1.29 is 78.9 Å². The normalized spacial score (nSPS) is 7.18. The molecule has 22 heavy (non-hydrogen) atoms. The number of carbonyl (C=O) groups excluding carboxylic acids is 2. The minimum atomic E-state index is -1.19. The van der Waals surface area contributed by atoms with Crippen LogP contribution in [0, 0.1) is 0 Å². The monoisotopic (exact) mass is 320 g/mol. The number of hydrogen-bond acceptors (Lipinski definition) is 4. The quantitative estimate of drug-likeness (QED) is 0.412. The molecule has 0 aliphatic carbocycles. The van der Waals surface area contributed by atoms with E-state index in [1.807, 2.05) is 36.4 Å². The molecule has 0 radical (unpaired) electrons. The molecule has 0 fully saturated rings. The summed E-state index contributed by atoms with van der Waals surface area (Å²) in [6.45, 7) is 12.6. The summed E-state index contributed by atoms with van der Waals surface area (Å²) in [5, 5.41) is 19.0. The van der Waals surface area contributed by atoms with Gasteiger partial charge in [-0.3, -0.25) is 0 Å². The van der Waals surface area contributed by atoms with Crippen LogP contribution in [0.2, 0.25) is 0 Å². The molecular formula is C16H18Na2O4. The Morgan fingerprint density at radius 3 is 1.32 bits per heavy atom. The number of aliphatic carboxylic acids is 2. The van der Waals surface area contributed by atoms with Crippen molar-refractivity contribution in [2.24, 2.45) is 0 Å². The summed E-state index contributed by atoms with van der Waals surface area (Å²) in [5.74, 6) is -2.37. The van der Waals surface area contributed by atoms with E-state index in [2.05, 4.69) is 19.7 Å². The van der Waals surface area contributed by atoms with Crippen molar-refractivity contribution in [3.63, 3.8) is 0 Å². The first-order chi connectivity index (χ1) is 9.22. The van der Waals surface area contributed by atoms with E-state index < -0.39 is 11.9 Å². The van der Waals surface area contributed by atoms with Gasteiger partial charge in [0, 0.05) is 0 Å². The average Bonchev–Trinajstić information content (AvgIpc) is 2.40. The molecule has 0 amide bonds. The van der Waals surface area contributed by atoms with Crippen LogP contribution in [0.1, 0.15) is 19.4 Å². The Morgan fingerprint density at radius 2 is 1.18 bits per heavy atom. The Morgan fingerprint density at radius 1 is 0.909 bits per heavy atom. The fourth-order valence-electron chi connectivity index (χ4n) is 0.589. The van der Waals surface area contributed by atoms with Crippen LogP contribution in [0.25, 0.3) is 6.08 Å². The van der Waals surface area contributed by atoms with Crippen LogP contribution in [0.3, 0.4) is 0 Å². The summed E-state index contributed by atoms with van der Waals surface area (Å²) < 4.78 is 0. The van der Waals surface area contributed by atoms with Crippen LogP contribution in [-0.4, -0.2) is 11.9 Å². The molecule has 1 aromatic carbocycles. The molecule has 0 N–H and O–H groups in total. The van der Waals surface area contributed by atoms with Crippen LogP contribution >= 0.6 is 0 Å². The fourth-order valence-corrected chi connectivity index (χ4v) is 0.589. The predicted octanol–water partition coefficient (Wildman–Crippen LogP) is -5.04. The molecule has 0 saturated heterocycles. The largest absolute Gasteiger partial charge is 1.00 e. The van der Waals surface area contributed by atoms with E-state index in [9.17, 15) is 19.8 Å². The number of carboxylic acid groups (broad SMARTS) is 2. The molecule has 0 aliphatic rings. The average molecular weight is 320 g/mol. The third-order valence-electron chi connectivity index (χ3n) is 1.73. The molecule has 0 aliphatic heterocycles. The van der Waals surface area contributed by atoms with Gasteiger partial charge in [0.1, 0.15) is 0 Å². The van der Waals surface area contributed by atoms with Crippen LogP contribution in [0.15, 0.2) is 61.2 Å². The van der Waals surface area contributed by atoms with E-state index in [0.717, 1.165) is 0 Å². The summed E-state index contributed by atoms with van der Waals surface area (Å²) in [4.78, 5) is 19.0. The maximum absolute atomic E-state index is 9.49. The van der Waals surface area contributed by atoms with Crippen LogP contribution in [0.5, 0.6) is 0 Å². The molecule has 0 bridgehead atoms. The number of hydrogen-bond donors (Lipinski definition) is 0. The molecule has 1 rings (SSSR count). The minimum Gasteiger partial charge on any atom is -0.545 e. The second-order valence-electron chi connectivity index (χ2n) is 3.75. The summed E-state index contributed by atoms with van der Waals surface area (Å²) >= 11 is 0. The second-order valence-corrected chi connectivity index (χ2v) is 3.75. The standard InChI is InChI=1S/C8H8.2C4H6O2.2Na/c1-2-8-6-4-3-5-7-8;2*1-3(2)4(5)6;;/h2-7H,1H2;2*1H2,2H3,(H,5,6);;/q;;;2*+1/p-2. The Bertz CT molecular complexity index is 434. The zero-order chi connectivity index (χ0) is 16.1. The van der Waals surface area contributed by atoms with E-state index >= 15 is 0 Å². The van der Waals surface area contributed by atoms with Gasteiger partial charge in [-0.25, -0.2) is 0 Å². The first kappa shape index (κ1) is 29.4. The zero-order valence-electron chi connectivity index (χ0n) is 13.7. The van der Waals surface area contributed by atoms with Crippen molar-refractivity contribution in [3.05, 3.63) is 66.8 Å². The number of carbonyl (C=O) groups is 2. The minimum absolute atomic E-state index is 0. The van der Waals surface area contributed by atoms with Gasteiger partial charge in [0.2, 0.25) is 0 Å². The van der Waals surface area contributed by atoms with Gasteiger partial charge >= 0.3 is 59.1 Å². The molecule has 0 spiro atoms. The first-order valence-electron chi connectivity index (χ1n) is 5.63. The number of carboxylic acids is 2. The molecular weight excluding hydrogens is 302 g/mol. The molecule has 0 atom stereocenters. The summed E-state index contributed by atoms with van der Waals surface area (Å²) in [7, 11) is 0. The SMILES string of the molecule is C=C(C)C(=O)[O-].C=C(C)C(=O)[O-].C=Cc1ccccc1.[Na+].[Na+]. The molecule has 108 valence electrons. The molecule has 1 aromatic rings. The molecule has 0 saturated carbocycles. The van der Waals surface area contributed by atoms with Crippen molar-refractivity contribution in [2.75, 3.05) is 0 Å². The Hall–Kier alpha value is -0.620. The van der Waals surface area contributed by atoms with E-state index in [1.54, 1.807) is 0 Å². The van der Waals surface area contributed by atoms with Crippen molar-refractivity contribution in [2.45, 2.75) is 13.8 Å². The van der Waals surface area contributed by atoms with E-state index in [1.165, 1.54) is 19.4 Å². The van der Waals surface area contributed by atoms with Crippen LogP contribution in [0.4, 0.5) is 0 Å². The van der Waals surface area contributed by atoms with Crippen LogP contribution in [-0.2, 0) is 9.59 Å². The van der Waals surface area contributed by atoms with Crippen molar-refractivity contribution >= 4 is 18.0 Å². The van der Waals surface area contributed by atoms with Crippen LogP contribution < -0.4 is 69.3 Å². The third kappa shape index (κ3) is 21.7. The van der Waals surface area contributed by atoms with Crippen molar-refractivity contribution in [3.8, 4) is 0 Å². The topological polar surface area (TPSA) is 80.3 Å². The van der Waals surface area contributed by atoms with Gasteiger partial charge in [-0.2, -0.15) is 0 Å². The maximum atomic E-state index is 9.49. The zero-order valence-corrected chi connectivity index (χ0v) is 17.7. The Labute approximate surface area is 176 Å². The first-order valence-corrected chi connectivity index (χ1v) is 5.63. The Balaban J connectivity index is -0.000000108. The smallest absolute Gasteiger partial charge is 0.545 e. The number of rotatable bonds is 3. The van der Waals surface area contributed by atoms with E-state index in [-0.39, 0.29) is 70.3 Å². The van der Waals surface area contributed by atoms with E-state index in [4.69, 9.17) is 0 Å². The summed E-state index contributed by atoms with van der Waals surface area (Å²) in [5.41, 5.74) is 1.30. The van der Waals surface area contributed by atoms with Gasteiger partial charge in [-0.1, -0.05) is 56.1 Å².